The molecule has 0 fully saturated rings. The van der Waals surface area contributed by atoms with Gasteiger partial charge in [0.2, 0.25) is 0 Å². The van der Waals surface area contributed by atoms with Crippen molar-refractivity contribution in [2.45, 2.75) is 13.2 Å². The van der Waals surface area contributed by atoms with Crippen LogP contribution in [-0.4, -0.2) is 23.5 Å². The number of H-pyrrole nitrogens is 1. The van der Waals surface area contributed by atoms with Gasteiger partial charge in [-0.25, -0.2) is 17.9 Å². The Kier molecular flexibility index (Phi) is 7.27. The monoisotopic (exact) mass is 464 g/mol. The molecular weight excluding hydrogens is 445 g/mol. The van der Waals surface area contributed by atoms with E-state index in [0.29, 0.717) is 41.4 Å². The maximum Gasteiger partial charge on any atom is 0.274 e. The molecule has 0 saturated heterocycles. The summed E-state index contributed by atoms with van der Waals surface area (Å²) in [6.45, 7) is 1.01. The van der Waals surface area contributed by atoms with Gasteiger partial charge >= 0.3 is 0 Å². The van der Waals surface area contributed by atoms with Gasteiger partial charge in [-0.3, -0.25) is 9.89 Å². The molecule has 0 aliphatic carbocycles. The van der Waals surface area contributed by atoms with Crippen LogP contribution in [0, 0.1) is 17.5 Å². The van der Waals surface area contributed by atoms with Crippen molar-refractivity contribution in [2.24, 2.45) is 0 Å². The minimum Gasteiger partial charge on any atom is -0.489 e. The number of ether oxygens (including phenoxy) is 2. The van der Waals surface area contributed by atoms with Gasteiger partial charge in [0.15, 0.2) is 11.6 Å². The first-order chi connectivity index (χ1) is 15.0. The average Bonchev–Trinajstić information content (AvgIpc) is 3.10. The van der Waals surface area contributed by atoms with Crippen molar-refractivity contribution in [3.63, 3.8) is 0 Å². The number of para-hydroxylation sites is 1. The fraction of sp³-hybridized carbons (Fsp3) is 0.174. The highest BCUT2D eigenvalue weighted by atomic mass is 35.5. The molecule has 3 aromatic carbocycles. The Hall–Kier alpha value is -3.23. The Bertz CT molecular complexity index is 1290. The van der Waals surface area contributed by atoms with Crippen LogP contribution < -0.4 is 10.3 Å². The molecule has 4 aromatic rings. The second-order valence-corrected chi connectivity index (χ2v) is 6.96. The summed E-state index contributed by atoms with van der Waals surface area (Å²) in [6.07, 6.45) is 0. The van der Waals surface area contributed by atoms with E-state index in [2.05, 4.69) is 5.10 Å². The lowest BCUT2D eigenvalue weighted by Gasteiger charge is -2.09. The van der Waals surface area contributed by atoms with E-state index >= 15 is 0 Å². The van der Waals surface area contributed by atoms with E-state index in [1.165, 1.54) is 4.68 Å². The number of methoxy groups -OCH3 is 1. The number of nitrogens with zero attached hydrogens (tertiary/aromatic N) is 1. The molecule has 5 nitrogen and oxygen atoms in total. The second kappa shape index (κ2) is 9.93. The molecule has 4 rings (SSSR count). The van der Waals surface area contributed by atoms with E-state index in [1.54, 1.807) is 43.5 Å². The quantitative estimate of drug-likeness (QED) is 0.389. The zero-order valence-electron chi connectivity index (χ0n) is 17.0. The van der Waals surface area contributed by atoms with E-state index in [-0.39, 0.29) is 30.1 Å². The zero-order valence-corrected chi connectivity index (χ0v) is 17.8. The molecule has 0 amide bonds. The molecule has 168 valence electrons. The third-order valence-corrected chi connectivity index (χ3v) is 4.96. The average molecular weight is 465 g/mol. The Morgan fingerprint density at radius 3 is 2.41 bits per heavy atom. The summed E-state index contributed by atoms with van der Waals surface area (Å²) in [5.41, 5.74) is 1.70. The number of rotatable bonds is 7. The fourth-order valence-corrected chi connectivity index (χ4v) is 3.34. The minimum absolute atomic E-state index is 0. The van der Waals surface area contributed by atoms with Crippen molar-refractivity contribution in [2.75, 3.05) is 13.7 Å². The van der Waals surface area contributed by atoms with E-state index < -0.39 is 17.5 Å². The number of aromatic amines is 1. The summed E-state index contributed by atoms with van der Waals surface area (Å²) in [5.74, 6) is -2.69. The van der Waals surface area contributed by atoms with Crippen molar-refractivity contribution < 1.29 is 22.6 Å². The van der Waals surface area contributed by atoms with Crippen LogP contribution >= 0.6 is 12.4 Å². The molecule has 0 radical (unpaired) electrons. The molecule has 1 N–H and O–H groups in total. The van der Waals surface area contributed by atoms with Gasteiger partial charge in [0.05, 0.1) is 24.1 Å². The predicted molar refractivity (Wildman–Crippen MR) is 118 cm³/mol. The maximum atomic E-state index is 14.0. The number of halogens is 4. The van der Waals surface area contributed by atoms with Gasteiger partial charge in [-0.15, -0.1) is 12.4 Å². The molecule has 0 atom stereocenters. The van der Waals surface area contributed by atoms with Gasteiger partial charge in [0.25, 0.3) is 5.56 Å². The number of hydrogen-bond donors (Lipinski definition) is 1. The van der Waals surface area contributed by atoms with Gasteiger partial charge in [-0.05, 0) is 29.8 Å². The Morgan fingerprint density at radius 1 is 0.969 bits per heavy atom. The van der Waals surface area contributed by atoms with E-state index in [4.69, 9.17) is 9.47 Å². The standard InChI is InChI=1S/C23H19F3N2O3.ClH/c1-30-10-9-28-23(29)17-4-2-3-15(22(17)27-28)13-31-16-7-5-14(6-8-16)18-11-20(25)21(26)12-19(18)24;/h2-8,11-12,27H,9-10,13H2,1H3;1H. The van der Waals surface area contributed by atoms with E-state index in [0.717, 1.165) is 11.6 Å². The molecule has 0 aliphatic rings. The second-order valence-electron chi connectivity index (χ2n) is 6.96. The Balaban J connectivity index is 0.00000289. The first-order valence-corrected chi connectivity index (χ1v) is 9.55. The number of aromatic nitrogens is 2. The lowest BCUT2D eigenvalue weighted by atomic mass is 10.0. The molecule has 32 heavy (non-hydrogen) atoms. The van der Waals surface area contributed by atoms with Gasteiger partial charge in [0.1, 0.15) is 18.2 Å². The fourth-order valence-electron chi connectivity index (χ4n) is 3.34. The van der Waals surface area contributed by atoms with Crippen LogP contribution in [0.15, 0.2) is 59.4 Å². The Labute approximate surface area is 187 Å². The van der Waals surface area contributed by atoms with Gasteiger partial charge in [0, 0.05) is 24.3 Å². The molecule has 0 aliphatic heterocycles. The molecule has 0 bridgehead atoms. The molecule has 1 heterocycles. The first-order valence-electron chi connectivity index (χ1n) is 9.55. The summed E-state index contributed by atoms with van der Waals surface area (Å²) in [4.78, 5) is 12.5. The summed E-state index contributed by atoms with van der Waals surface area (Å²) in [6, 6.07) is 13.1. The normalized spacial score (nSPS) is 10.9. The van der Waals surface area contributed by atoms with E-state index in [1.807, 2.05) is 6.07 Å². The van der Waals surface area contributed by atoms with Crippen molar-refractivity contribution >= 4 is 23.3 Å². The van der Waals surface area contributed by atoms with Crippen LogP contribution in [0.3, 0.4) is 0 Å². The van der Waals surface area contributed by atoms with E-state index in [9.17, 15) is 18.0 Å². The van der Waals surface area contributed by atoms with Crippen molar-refractivity contribution in [1.82, 2.24) is 9.78 Å². The number of nitrogens with one attached hydrogen (secondary N) is 1. The van der Waals surface area contributed by atoms with Crippen molar-refractivity contribution in [1.29, 1.82) is 0 Å². The van der Waals surface area contributed by atoms with Gasteiger partial charge in [-0.1, -0.05) is 24.3 Å². The molecule has 0 spiro atoms. The van der Waals surface area contributed by atoms with Crippen LogP contribution in [-0.2, 0) is 17.9 Å². The lowest BCUT2D eigenvalue weighted by molar-refractivity contribution is 0.183. The summed E-state index contributed by atoms with van der Waals surface area (Å²) >= 11 is 0. The Morgan fingerprint density at radius 2 is 1.69 bits per heavy atom. The highest BCUT2D eigenvalue weighted by Gasteiger charge is 2.13. The van der Waals surface area contributed by atoms with Crippen molar-refractivity contribution in [3.05, 3.63) is 88.0 Å². The highest BCUT2D eigenvalue weighted by Crippen LogP contribution is 2.27. The third kappa shape index (κ3) is 4.66. The minimum atomic E-state index is -1.23. The van der Waals surface area contributed by atoms with Crippen LogP contribution in [0.25, 0.3) is 22.0 Å². The highest BCUT2D eigenvalue weighted by molar-refractivity contribution is 5.85. The summed E-state index contributed by atoms with van der Waals surface area (Å²) in [7, 11) is 1.57. The number of hydrogen-bond acceptors (Lipinski definition) is 3. The van der Waals surface area contributed by atoms with Crippen LogP contribution in [0.4, 0.5) is 13.2 Å². The van der Waals surface area contributed by atoms with Gasteiger partial charge < -0.3 is 9.47 Å². The SMILES string of the molecule is COCCn1[nH]c2c(COc3ccc(-c4cc(F)c(F)cc4F)cc3)cccc2c1=O.Cl. The first kappa shape index (κ1) is 23.4. The smallest absolute Gasteiger partial charge is 0.274 e. The largest absolute Gasteiger partial charge is 0.489 e. The number of benzene rings is 3. The summed E-state index contributed by atoms with van der Waals surface area (Å²) in [5, 5.41) is 3.64. The predicted octanol–water partition coefficient (Wildman–Crippen LogP) is 5.06. The molecule has 0 unspecified atom stereocenters. The lowest BCUT2D eigenvalue weighted by Crippen LogP contribution is -2.18. The van der Waals surface area contributed by atoms with Crippen LogP contribution in [0.2, 0.25) is 0 Å². The molecule has 1 aromatic heterocycles. The summed E-state index contributed by atoms with van der Waals surface area (Å²) < 4.78 is 52.9. The van der Waals surface area contributed by atoms with Crippen LogP contribution in [0.1, 0.15) is 5.56 Å². The van der Waals surface area contributed by atoms with Crippen LogP contribution in [0.5, 0.6) is 5.75 Å². The molecular formula is C23H20ClF3N2O3. The maximum absolute atomic E-state index is 14.0. The number of fused-ring (bicyclic) bond motifs is 1. The van der Waals surface area contributed by atoms with Gasteiger partial charge in [-0.2, -0.15) is 0 Å². The molecule has 9 heteroatoms. The van der Waals surface area contributed by atoms with Crippen molar-refractivity contribution in [3.8, 4) is 16.9 Å². The third-order valence-electron chi connectivity index (χ3n) is 4.96. The molecule has 0 saturated carbocycles. The topological polar surface area (TPSA) is 56.2 Å². The zero-order chi connectivity index (χ0) is 22.0.